The van der Waals surface area contributed by atoms with Crippen LogP contribution in [0.3, 0.4) is 0 Å². The van der Waals surface area contributed by atoms with Crippen LogP contribution in [0.4, 0.5) is 4.39 Å². The van der Waals surface area contributed by atoms with Crippen molar-refractivity contribution in [1.82, 2.24) is 5.32 Å². The van der Waals surface area contributed by atoms with E-state index in [0.29, 0.717) is 36.6 Å². The fraction of sp³-hybridized carbons (Fsp3) is 0.409. The zero-order chi connectivity index (χ0) is 20.4. The summed E-state index contributed by atoms with van der Waals surface area (Å²) in [5.41, 5.74) is 2.41. The maximum Gasteiger partial charge on any atom is 0.216 e. The first kappa shape index (κ1) is 21.7. The van der Waals surface area contributed by atoms with E-state index in [-0.39, 0.29) is 18.5 Å². The summed E-state index contributed by atoms with van der Waals surface area (Å²) < 4.78 is 30.7. The number of hydrogen-bond donors (Lipinski definition) is 1. The summed E-state index contributed by atoms with van der Waals surface area (Å²) in [5.74, 6) is 0.691. The molecule has 0 radical (unpaired) electrons. The Hall–Kier alpha value is -2.60. The van der Waals surface area contributed by atoms with Gasteiger partial charge in [0.2, 0.25) is 5.91 Å². The molecule has 6 heteroatoms. The highest BCUT2D eigenvalue weighted by Crippen LogP contribution is 2.41. The van der Waals surface area contributed by atoms with Crippen molar-refractivity contribution in [3.63, 3.8) is 0 Å². The van der Waals surface area contributed by atoms with Gasteiger partial charge < -0.3 is 19.5 Å². The highest BCUT2D eigenvalue weighted by atomic mass is 19.1. The molecule has 0 aliphatic carbocycles. The van der Waals surface area contributed by atoms with Crippen LogP contribution in [0.5, 0.6) is 11.5 Å². The molecule has 0 heterocycles. The second-order valence-electron chi connectivity index (χ2n) is 6.42. The predicted molar refractivity (Wildman–Crippen MR) is 107 cm³/mol. The van der Waals surface area contributed by atoms with Gasteiger partial charge in [0, 0.05) is 26.1 Å². The third-order valence-corrected chi connectivity index (χ3v) is 4.17. The average molecular weight is 389 g/mol. The Bertz CT molecular complexity index is 779. The molecule has 0 saturated carbocycles. The molecular weight excluding hydrogens is 361 g/mol. The molecule has 28 heavy (non-hydrogen) atoms. The summed E-state index contributed by atoms with van der Waals surface area (Å²) in [7, 11) is 1.55. The Labute approximate surface area is 165 Å². The highest BCUT2D eigenvalue weighted by Gasteiger charge is 2.18. The van der Waals surface area contributed by atoms with E-state index in [1.54, 1.807) is 13.2 Å². The van der Waals surface area contributed by atoms with E-state index < -0.39 is 0 Å². The number of unbranched alkanes of at least 4 members (excludes halogenated alkanes) is 1. The number of amides is 1. The molecule has 2 aromatic rings. The molecule has 2 aromatic carbocycles. The molecule has 0 aliphatic heterocycles. The van der Waals surface area contributed by atoms with Crippen LogP contribution in [-0.2, 0) is 16.0 Å². The van der Waals surface area contributed by atoms with Crippen molar-refractivity contribution in [3.05, 3.63) is 47.8 Å². The van der Waals surface area contributed by atoms with E-state index in [4.69, 9.17) is 14.2 Å². The molecule has 5 nitrogen and oxygen atoms in total. The van der Waals surface area contributed by atoms with Gasteiger partial charge in [-0.15, -0.1) is 0 Å². The Kier molecular flexibility index (Phi) is 8.75. The van der Waals surface area contributed by atoms with Crippen molar-refractivity contribution < 1.29 is 23.4 Å². The Morgan fingerprint density at radius 3 is 2.68 bits per heavy atom. The molecule has 2 rings (SSSR count). The monoisotopic (exact) mass is 389 g/mol. The summed E-state index contributed by atoms with van der Waals surface area (Å²) in [6, 6.07) is 10.1. The van der Waals surface area contributed by atoms with Gasteiger partial charge in [0.1, 0.15) is 5.82 Å². The molecule has 0 atom stereocenters. The maximum absolute atomic E-state index is 13.9. The van der Waals surface area contributed by atoms with Crippen LogP contribution in [0.2, 0.25) is 0 Å². The minimum absolute atomic E-state index is 0.0813. The Morgan fingerprint density at radius 1 is 1.18 bits per heavy atom. The number of benzene rings is 2. The van der Waals surface area contributed by atoms with Crippen molar-refractivity contribution in [2.24, 2.45) is 0 Å². The van der Waals surface area contributed by atoms with Crippen LogP contribution in [0.15, 0.2) is 36.4 Å². The lowest BCUT2D eigenvalue weighted by atomic mass is 9.95. The molecule has 0 aliphatic rings. The van der Waals surface area contributed by atoms with Gasteiger partial charge in [-0.3, -0.25) is 4.79 Å². The quantitative estimate of drug-likeness (QED) is 0.459. The fourth-order valence-electron chi connectivity index (χ4n) is 2.84. The van der Waals surface area contributed by atoms with Crippen LogP contribution < -0.4 is 14.8 Å². The SMILES string of the molecule is CCCCOc1c(OCOC)ccc(CCNC(C)=O)c1-c1cccc(F)c1. The minimum Gasteiger partial charge on any atom is -0.489 e. The minimum atomic E-state index is -0.326. The van der Waals surface area contributed by atoms with Crippen molar-refractivity contribution >= 4 is 5.91 Å². The molecule has 152 valence electrons. The number of halogens is 1. The second-order valence-corrected chi connectivity index (χ2v) is 6.42. The fourth-order valence-corrected chi connectivity index (χ4v) is 2.84. The average Bonchev–Trinajstić information content (AvgIpc) is 2.67. The number of methoxy groups -OCH3 is 1. The number of rotatable bonds is 11. The van der Waals surface area contributed by atoms with Gasteiger partial charge in [0.25, 0.3) is 0 Å². The lowest BCUT2D eigenvalue weighted by Gasteiger charge is -2.20. The summed E-state index contributed by atoms with van der Waals surface area (Å²) in [5, 5.41) is 2.80. The Morgan fingerprint density at radius 2 is 2.00 bits per heavy atom. The van der Waals surface area contributed by atoms with E-state index in [0.717, 1.165) is 24.0 Å². The van der Waals surface area contributed by atoms with Crippen LogP contribution in [-0.4, -0.2) is 33.0 Å². The topological polar surface area (TPSA) is 56.8 Å². The molecule has 0 aromatic heterocycles. The first-order valence-electron chi connectivity index (χ1n) is 9.47. The maximum atomic E-state index is 13.9. The van der Waals surface area contributed by atoms with Crippen LogP contribution >= 0.6 is 0 Å². The van der Waals surface area contributed by atoms with E-state index in [1.165, 1.54) is 19.1 Å². The molecule has 0 saturated heterocycles. The summed E-state index contributed by atoms with van der Waals surface area (Å²) >= 11 is 0. The van der Waals surface area contributed by atoms with E-state index >= 15 is 0 Å². The molecule has 0 spiro atoms. The standard InChI is InChI=1S/C22H28FNO4/c1-4-5-13-27-22-20(28-15-26-3)10-9-17(11-12-24-16(2)25)21(22)18-7-6-8-19(23)14-18/h6-10,14H,4-5,11-13,15H2,1-3H3,(H,24,25). The summed E-state index contributed by atoms with van der Waals surface area (Å²) in [4.78, 5) is 11.2. The highest BCUT2D eigenvalue weighted by molar-refractivity contribution is 5.77. The molecular formula is C22H28FNO4. The zero-order valence-electron chi connectivity index (χ0n) is 16.7. The van der Waals surface area contributed by atoms with Gasteiger partial charge >= 0.3 is 0 Å². The van der Waals surface area contributed by atoms with E-state index in [9.17, 15) is 9.18 Å². The molecule has 1 N–H and O–H groups in total. The van der Waals surface area contributed by atoms with Crippen molar-refractivity contribution in [3.8, 4) is 22.6 Å². The van der Waals surface area contributed by atoms with E-state index in [2.05, 4.69) is 12.2 Å². The number of ether oxygens (including phenoxy) is 3. The third kappa shape index (κ3) is 6.23. The predicted octanol–water partition coefficient (Wildman–Crippen LogP) is 4.33. The Balaban J connectivity index is 2.50. The number of carbonyl (C=O) groups excluding carboxylic acids is 1. The third-order valence-electron chi connectivity index (χ3n) is 4.17. The second kappa shape index (κ2) is 11.3. The van der Waals surface area contributed by atoms with Crippen LogP contribution in [0.25, 0.3) is 11.1 Å². The van der Waals surface area contributed by atoms with Gasteiger partial charge in [0.15, 0.2) is 18.3 Å². The number of hydrogen-bond acceptors (Lipinski definition) is 4. The van der Waals surface area contributed by atoms with Crippen molar-refractivity contribution in [1.29, 1.82) is 0 Å². The molecule has 1 amide bonds. The van der Waals surface area contributed by atoms with Gasteiger partial charge in [-0.1, -0.05) is 31.5 Å². The van der Waals surface area contributed by atoms with Gasteiger partial charge in [0.05, 0.1) is 6.61 Å². The summed E-state index contributed by atoms with van der Waals surface area (Å²) in [6.07, 6.45) is 2.47. The summed E-state index contributed by atoms with van der Waals surface area (Å²) in [6.45, 7) is 4.65. The zero-order valence-corrected chi connectivity index (χ0v) is 16.7. The first-order chi connectivity index (χ1) is 13.6. The lowest BCUT2D eigenvalue weighted by Crippen LogP contribution is -2.22. The first-order valence-corrected chi connectivity index (χ1v) is 9.47. The largest absolute Gasteiger partial charge is 0.489 e. The van der Waals surface area contributed by atoms with Crippen LogP contribution in [0.1, 0.15) is 32.3 Å². The van der Waals surface area contributed by atoms with Gasteiger partial charge in [-0.2, -0.15) is 0 Å². The van der Waals surface area contributed by atoms with E-state index in [1.807, 2.05) is 18.2 Å². The number of nitrogens with one attached hydrogen (secondary N) is 1. The van der Waals surface area contributed by atoms with Gasteiger partial charge in [-0.05, 0) is 42.2 Å². The molecule has 0 bridgehead atoms. The molecule has 0 unspecified atom stereocenters. The van der Waals surface area contributed by atoms with Crippen LogP contribution in [0, 0.1) is 5.82 Å². The van der Waals surface area contributed by atoms with Gasteiger partial charge in [-0.25, -0.2) is 4.39 Å². The smallest absolute Gasteiger partial charge is 0.216 e. The normalized spacial score (nSPS) is 10.6. The van der Waals surface area contributed by atoms with Crippen molar-refractivity contribution in [2.45, 2.75) is 33.1 Å². The molecule has 0 fully saturated rings. The van der Waals surface area contributed by atoms with Crippen molar-refractivity contribution in [2.75, 3.05) is 27.1 Å². The number of carbonyl (C=O) groups is 1. The lowest BCUT2D eigenvalue weighted by molar-refractivity contribution is -0.118.